The maximum Gasteiger partial charge on any atom is 0.123 e. The second-order valence-electron chi connectivity index (χ2n) is 5.49. The van der Waals surface area contributed by atoms with Gasteiger partial charge in [-0.15, -0.1) is 0 Å². The highest BCUT2D eigenvalue weighted by molar-refractivity contribution is 5.36. The Morgan fingerprint density at radius 2 is 2.26 bits per heavy atom. The molecule has 0 saturated carbocycles. The van der Waals surface area contributed by atoms with Crippen molar-refractivity contribution in [2.75, 3.05) is 33.3 Å². The van der Waals surface area contributed by atoms with Crippen LogP contribution in [0.4, 0.5) is 0 Å². The Bertz CT molecular complexity index is 406. The first-order valence-corrected chi connectivity index (χ1v) is 7.29. The van der Waals surface area contributed by atoms with Gasteiger partial charge in [0.2, 0.25) is 0 Å². The molecule has 106 valence electrons. The number of hydrogen-bond acceptors (Lipinski definition) is 3. The number of aryl methyl sites for hydroxylation is 1. The summed E-state index contributed by atoms with van der Waals surface area (Å²) in [6.07, 6.45) is 1.33. The molecule has 0 spiro atoms. The lowest BCUT2D eigenvalue weighted by Crippen LogP contribution is -2.26. The third-order valence-electron chi connectivity index (χ3n) is 4.00. The molecule has 1 saturated heterocycles. The maximum atomic E-state index is 5.41. The van der Waals surface area contributed by atoms with Crippen molar-refractivity contribution in [1.29, 1.82) is 0 Å². The zero-order chi connectivity index (χ0) is 13.7. The largest absolute Gasteiger partial charge is 0.496 e. The average molecular weight is 262 g/mol. The molecule has 1 aliphatic rings. The number of ether oxygens (including phenoxy) is 1. The summed E-state index contributed by atoms with van der Waals surface area (Å²) in [6, 6.07) is 6.36. The van der Waals surface area contributed by atoms with Crippen LogP contribution >= 0.6 is 0 Å². The summed E-state index contributed by atoms with van der Waals surface area (Å²) in [5.74, 6) is 1.79. The van der Waals surface area contributed by atoms with Crippen LogP contribution in [-0.4, -0.2) is 38.2 Å². The SMILES string of the molecule is CCN1CC[C@@H](CNCc2cc(C)ccc2OC)C1. The minimum Gasteiger partial charge on any atom is -0.496 e. The molecular weight excluding hydrogens is 236 g/mol. The molecule has 2 rings (SSSR count). The molecule has 1 N–H and O–H groups in total. The lowest BCUT2D eigenvalue weighted by Gasteiger charge is -2.15. The summed E-state index contributed by atoms with van der Waals surface area (Å²) in [5.41, 5.74) is 2.54. The molecule has 1 aromatic rings. The van der Waals surface area contributed by atoms with Crippen LogP contribution in [0.3, 0.4) is 0 Å². The van der Waals surface area contributed by atoms with Gasteiger partial charge >= 0.3 is 0 Å². The van der Waals surface area contributed by atoms with Crippen molar-refractivity contribution < 1.29 is 4.74 Å². The van der Waals surface area contributed by atoms with Crippen molar-refractivity contribution in [3.63, 3.8) is 0 Å². The molecule has 0 amide bonds. The van der Waals surface area contributed by atoms with E-state index in [1.165, 1.54) is 37.2 Å². The molecule has 1 heterocycles. The van der Waals surface area contributed by atoms with E-state index >= 15 is 0 Å². The molecule has 19 heavy (non-hydrogen) atoms. The molecule has 0 bridgehead atoms. The van der Waals surface area contributed by atoms with E-state index < -0.39 is 0 Å². The molecule has 1 atom stereocenters. The molecule has 3 heteroatoms. The highest BCUT2D eigenvalue weighted by atomic mass is 16.5. The third kappa shape index (κ3) is 3.95. The van der Waals surface area contributed by atoms with E-state index in [2.05, 4.69) is 42.3 Å². The second-order valence-corrected chi connectivity index (χ2v) is 5.49. The molecule has 0 aliphatic carbocycles. The molecule has 0 radical (unpaired) electrons. The van der Waals surface area contributed by atoms with E-state index in [1.54, 1.807) is 7.11 Å². The summed E-state index contributed by atoms with van der Waals surface area (Å²) in [7, 11) is 1.74. The van der Waals surface area contributed by atoms with Gasteiger partial charge in [-0.3, -0.25) is 0 Å². The minimum absolute atomic E-state index is 0.802. The van der Waals surface area contributed by atoms with Crippen LogP contribution in [0.5, 0.6) is 5.75 Å². The van der Waals surface area contributed by atoms with Gasteiger partial charge in [0.05, 0.1) is 7.11 Å². The lowest BCUT2D eigenvalue weighted by atomic mass is 10.1. The molecular formula is C16H26N2O. The van der Waals surface area contributed by atoms with Gasteiger partial charge in [-0.2, -0.15) is 0 Å². The van der Waals surface area contributed by atoms with Gasteiger partial charge in [-0.25, -0.2) is 0 Å². The monoisotopic (exact) mass is 262 g/mol. The molecule has 3 nitrogen and oxygen atoms in total. The van der Waals surface area contributed by atoms with E-state index in [-0.39, 0.29) is 0 Å². The Morgan fingerprint density at radius 3 is 2.95 bits per heavy atom. The molecule has 1 fully saturated rings. The maximum absolute atomic E-state index is 5.41. The highest BCUT2D eigenvalue weighted by Gasteiger charge is 2.20. The number of rotatable bonds is 6. The zero-order valence-electron chi connectivity index (χ0n) is 12.4. The summed E-state index contributed by atoms with van der Waals surface area (Å²) in [5, 5.41) is 3.58. The van der Waals surface area contributed by atoms with Crippen LogP contribution in [0.15, 0.2) is 18.2 Å². The van der Waals surface area contributed by atoms with Gasteiger partial charge < -0.3 is 15.0 Å². The van der Waals surface area contributed by atoms with Gasteiger partial charge in [0.25, 0.3) is 0 Å². The Balaban J connectivity index is 1.81. The standard InChI is InChI=1S/C16H26N2O/c1-4-18-8-7-14(12-18)10-17-11-15-9-13(2)5-6-16(15)19-3/h5-6,9,14,17H,4,7-8,10-12H2,1-3H3/t14-/m0/s1. The zero-order valence-corrected chi connectivity index (χ0v) is 12.4. The Morgan fingerprint density at radius 1 is 1.42 bits per heavy atom. The summed E-state index contributed by atoms with van der Waals surface area (Å²) < 4.78 is 5.41. The van der Waals surface area contributed by atoms with Crippen molar-refractivity contribution in [2.45, 2.75) is 26.8 Å². The van der Waals surface area contributed by atoms with E-state index in [1.807, 2.05) is 0 Å². The number of benzene rings is 1. The fourth-order valence-electron chi connectivity index (χ4n) is 2.82. The van der Waals surface area contributed by atoms with Crippen LogP contribution in [0, 0.1) is 12.8 Å². The van der Waals surface area contributed by atoms with Crippen molar-refractivity contribution in [3.8, 4) is 5.75 Å². The number of nitrogens with one attached hydrogen (secondary N) is 1. The van der Waals surface area contributed by atoms with Crippen LogP contribution < -0.4 is 10.1 Å². The van der Waals surface area contributed by atoms with Gasteiger partial charge in [0.15, 0.2) is 0 Å². The molecule has 0 aromatic heterocycles. The first kappa shape index (κ1) is 14.4. The van der Waals surface area contributed by atoms with Crippen LogP contribution in [-0.2, 0) is 6.54 Å². The lowest BCUT2D eigenvalue weighted by molar-refractivity contribution is 0.338. The van der Waals surface area contributed by atoms with Crippen molar-refractivity contribution in [3.05, 3.63) is 29.3 Å². The second kappa shape index (κ2) is 6.92. The highest BCUT2D eigenvalue weighted by Crippen LogP contribution is 2.20. The molecule has 1 aromatic carbocycles. The fourth-order valence-corrected chi connectivity index (χ4v) is 2.82. The van der Waals surface area contributed by atoms with E-state index in [0.29, 0.717) is 0 Å². The van der Waals surface area contributed by atoms with E-state index in [4.69, 9.17) is 4.74 Å². The smallest absolute Gasteiger partial charge is 0.123 e. The minimum atomic E-state index is 0.802. The van der Waals surface area contributed by atoms with Crippen LogP contribution in [0.2, 0.25) is 0 Å². The predicted molar refractivity (Wildman–Crippen MR) is 79.7 cm³/mol. The first-order chi connectivity index (χ1) is 9.22. The van der Waals surface area contributed by atoms with Crippen molar-refractivity contribution in [1.82, 2.24) is 10.2 Å². The normalized spacial score (nSPS) is 19.8. The Hall–Kier alpha value is -1.06. The third-order valence-corrected chi connectivity index (χ3v) is 4.00. The summed E-state index contributed by atoms with van der Waals surface area (Å²) in [6.45, 7) is 10.1. The fraction of sp³-hybridized carbons (Fsp3) is 0.625. The number of likely N-dealkylation sites (tertiary alicyclic amines) is 1. The topological polar surface area (TPSA) is 24.5 Å². The van der Waals surface area contributed by atoms with Gasteiger partial charge in [0, 0.05) is 18.7 Å². The quantitative estimate of drug-likeness (QED) is 0.852. The number of methoxy groups -OCH3 is 1. The van der Waals surface area contributed by atoms with Crippen LogP contribution in [0.1, 0.15) is 24.5 Å². The number of nitrogens with zero attached hydrogens (tertiary/aromatic N) is 1. The van der Waals surface area contributed by atoms with E-state index in [0.717, 1.165) is 24.8 Å². The Kier molecular flexibility index (Phi) is 5.23. The van der Waals surface area contributed by atoms with Gasteiger partial charge in [-0.1, -0.05) is 24.6 Å². The molecule has 1 aliphatic heterocycles. The molecule has 0 unspecified atom stereocenters. The first-order valence-electron chi connectivity index (χ1n) is 7.29. The van der Waals surface area contributed by atoms with Crippen molar-refractivity contribution >= 4 is 0 Å². The Labute approximate surface area is 116 Å². The van der Waals surface area contributed by atoms with Crippen LogP contribution in [0.25, 0.3) is 0 Å². The summed E-state index contributed by atoms with van der Waals surface area (Å²) in [4.78, 5) is 2.53. The van der Waals surface area contributed by atoms with E-state index in [9.17, 15) is 0 Å². The summed E-state index contributed by atoms with van der Waals surface area (Å²) >= 11 is 0. The average Bonchev–Trinajstić information content (AvgIpc) is 2.87. The van der Waals surface area contributed by atoms with Crippen molar-refractivity contribution in [2.24, 2.45) is 5.92 Å². The number of hydrogen-bond donors (Lipinski definition) is 1. The van der Waals surface area contributed by atoms with Gasteiger partial charge in [0.1, 0.15) is 5.75 Å². The predicted octanol–water partition coefficient (Wildman–Crippen LogP) is 2.44. The van der Waals surface area contributed by atoms with Gasteiger partial charge in [-0.05, 0) is 45.0 Å².